The fraction of sp³-hybridized carbons (Fsp3) is 0.0667. The molecule has 0 unspecified atom stereocenters. The van der Waals surface area contributed by atoms with Crippen LogP contribution in [0.1, 0.15) is 20.0 Å². The Kier molecular flexibility index (Phi) is 4.49. The van der Waals surface area contributed by atoms with Crippen LogP contribution in [0.25, 0.3) is 0 Å². The van der Waals surface area contributed by atoms with Crippen LogP contribution in [0.15, 0.2) is 47.8 Å². The molecule has 1 aromatic heterocycles. The van der Waals surface area contributed by atoms with Crippen molar-refractivity contribution in [1.29, 1.82) is 0 Å². The molecule has 19 heavy (non-hydrogen) atoms. The van der Waals surface area contributed by atoms with Gasteiger partial charge in [0.25, 0.3) is 5.91 Å². The Morgan fingerprint density at radius 2 is 1.89 bits per heavy atom. The van der Waals surface area contributed by atoms with Gasteiger partial charge in [0.05, 0.1) is 11.4 Å². The minimum absolute atomic E-state index is 0.162. The summed E-state index contributed by atoms with van der Waals surface area (Å²) in [4.78, 5) is 23.8. The van der Waals surface area contributed by atoms with E-state index < -0.39 is 0 Å². The molecule has 0 fully saturated rings. The van der Waals surface area contributed by atoms with Crippen molar-refractivity contribution in [2.24, 2.45) is 0 Å². The van der Waals surface area contributed by atoms with E-state index in [9.17, 15) is 9.59 Å². The van der Waals surface area contributed by atoms with Crippen molar-refractivity contribution in [2.45, 2.75) is 0 Å². The quantitative estimate of drug-likeness (QED) is 0.528. The van der Waals surface area contributed by atoms with E-state index in [1.165, 1.54) is 11.3 Å². The number of rotatable bonds is 3. The zero-order valence-corrected chi connectivity index (χ0v) is 10.9. The number of benzene rings is 1. The summed E-state index contributed by atoms with van der Waals surface area (Å²) >= 11 is 1.37. The second-order valence-corrected chi connectivity index (χ2v) is 4.60. The number of nitrogens with one attached hydrogen (secondary N) is 1. The zero-order chi connectivity index (χ0) is 13.5. The summed E-state index contributed by atoms with van der Waals surface area (Å²) in [7, 11) is 0. The first-order valence-electron chi connectivity index (χ1n) is 5.67. The highest BCUT2D eigenvalue weighted by molar-refractivity contribution is 7.12. The van der Waals surface area contributed by atoms with E-state index in [4.69, 9.17) is 0 Å². The first kappa shape index (κ1) is 13.1. The van der Waals surface area contributed by atoms with Gasteiger partial charge in [-0.25, -0.2) is 0 Å². The molecule has 2 aromatic rings. The Labute approximate surface area is 115 Å². The third-order valence-corrected chi connectivity index (χ3v) is 3.19. The predicted molar refractivity (Wildman–Crippen MR) is 75.2 cm³/mol. The second-order valence-electron chi connectivity index (χ2n) is 3.66. The molecule has 0 bridgehead atoms. The first-order valence-corrected chi connectivity index (χ1v) is 6.55. The van der Waals surface area contributed by atoms with Crippen LogP contribution >= 0.6 is 11.3 Å². The summed E-state index contributed by atoms with van der Waals surface area (Å²) in [6, 6.07) is 12.4. The predicted octanol–water partition coefficient (Wildman–Crippen LogP) is 2.36. The molecule has 3 nitrogen and oxygen atoms in total. The molecule has 0 atom stereocenters. The Hall–Kier alpha value is -2.38. The maximum atomic E-state index is 11.6. The van der Waals surface area contributed by atoms with Gasteiger partial charge in [-0.05, 0) is 17.4 Å². The normalized spacial score (nSPS) is 9.26. The molecule has 1 N–H and O–H groups in total. The van der Waals surface area contributed by atoms with Gasteiger partial charge in [0.2, 0.25) is 5.78 Å². The lowest BCUT2D eigenvalue weighted by molar-refractivity contribution is 0.0961. The molecule has 0 saturated heterocycles. The Morgan fingerprint density at radius 3 is 2.58 bits per heavy atom. The minimum Gasteiger partial charge on any atom is -0.340 e. The number of Topliss-reactive ketones (excluding diaryl/α,β-unsaturated/α-hetero) is 1. The highest BCUT2D eigenvalue weighted by atomic mass is 32.1. The van der Waals surface area contributed by atoms with Gasteiger partial charge in [-0.15, -0.1) is 11.3 Å². The average molecular weight is 269 g/mol. The van der Waals surface area contributed by atoms with E-state index in [-0.39, 0.29) is 18.2 Å². The lowest BCUT2D eigenvalue weighted by Gasteiger charge is -1.96. The van der Waals surface area contributed by atoms with Crippen LogP contribution < -0.4 is 5.32 Å². The molecular formula is C15H11NO2S. The van der Waals surface area contributed by atoms with Gasteiger partial charge in [-0.3, -0.25) is 9.59 Å². The minimum atomic E-state index is -0.244. The van der Waals surface area contributed by atoms with E-state index in [0.29, 0.717) is 10.4 Å². The topological polar surface area (TPSA) is 46.2 Å². The number of thiophene rings is 1. The highest BCUT2D eigenvalue weighted by Gasteiger charge is 2.03. The van der Waals surface area contributed by atoms with Crippen LogP contribution in [0.3, 0.4) is 0 Å². The Balaban J connectivity index is 1.85. The summed E-state index contributed by atoms with van der Waals surface area (Å²) in [5, 5.41) is 4.47. The average Bonchev–Trinajstić information content (AvgIpc) is 2.98. The summed E-state index contributed by atoms with van der Waals surface area (Å²) in [5.74, 6) is 4.73. The number of carbonyl (C=O) groups excluding carboxylic acids is 2. The SMILES string of the molecule is O=C(C#CCNC(=O)c1cccs1)c1ccccc1. The molecule has 0 radical (unpaired) electrons. The van der Waals surface area contributed by atoms with Crippen LogP contribution in [-0.2, 0) is 0 Å². The lowest BCUT2D eigenvalue weighted by Crippen LogP contribution is -2.22. The lowest BCUT2D eigenvalue weighted by atomic mass is 10.1. The number of ketones is 1. The molecule has 2 rings (SSSR count). The molecule has 0 spiro atoms. The van der Waals surface area contributed by atoms with Crippen LogP contribution in [0, 0.1) is 11.8 Å². The van der Waals surface area contributed by atoms with Crippen molar-refractivity contribution in [1.82, 2.24) is 5.32 Å². The van der Waals surface area contributed by atoms with E-state index in [2.05, 4.69) is 17.2 Å². The summed E-state index contributed by atoms with van der Waals surface area (Å²) in [5.41, 5.74) is 0.555. The van der Waals surface area contributed by atoms with Crippen molar-refractivity contribution >= 4 is 23.0 Å². The highest BCUT2D eigenvalue weighted by Crippen LogP contribution is 2.07. The van der Waals surface area contributed by atoms with Gasteiger partial charge in [0.15, 0.2) is 0 Å². The third kappa shape index (κ3) is 3.80. The van der Waals surface area contributed by atoms with Gasteiger partial charge in [-0.2, -0.15) is 0 Å². The number of amides is 1. The molecule has 4 heteroatoms. The maximum absolute atomic E-state index is 11.6. The molecule has 0 saturated carbocycles. The molecule has 94 valence electrons. The standard InChI is InChI=1S/C15H11NO2S/c17-13(12-6-2-1-3-7-12)8-4-10-16-15(18)14-9-5-11-19-14/h1-3,5-7,9,11H,10H2,(H,16,18). The third-order valence-electron chi connectivity index (χ3n) is 2.32. The second kappa shape index (κ2) is 6.53. The van der Waals surface area contributed by atoms with Crippen LogP contribution in [-0.4, -0.2) is 18.2 Å². The smallest absolute Gasteiger partial charge is 0.262 e. The zero-order valence-electron chi connectivity index (χ0n) is 10.1. The van der Waals surface area contributed by atoms with E-state index in [1.54, 1.807) is 30.3 Å². The summed E-state index contributed by atoms with van der Waals surface area (Å²) < 4.78 is 0. The van der Waals surface area contributed by atoms with E-state index in [0.717, 1.165) is 0 Å². The number of hydrogen-bond acceptors (Lipinski definition) is 3. The van der Waals surface area contributed by atoms with Crippen LogP contribution in [0.4, 0.5) is 0 Å². The number of hydrogen-bond donors (Lipinski definition) is 1. The van der Waals surface area contributed by atoms with Gasteiger partial charge >= 0.3 is 0 Å². The monoisotopic (exact) mass is 269 g/mol. The van der Waals surface area contributed by atoms with Crippen molar-refractivity contribution in [2.75, 3.05) is 6.54 Å². The van der Waals surface area contributed by atoms with Crippen LogP contribution in [0.2, 0.25) is 0 Å². The van der Waals surface area contributed by atoms with E-state index >= 15 is 0 Å². The fourth-order valence-corrected chi connectivity index (χ4v) is 2.05. The summed E-state index contributed by atoms with van der Waals surface area (Å²) in [6.45, 7) is 0.162. The van der Waals surface area contributed by atoms with Gasteiger partial charge < -0.3 is 5.32 Å². The van der Waals surface area contributed by atoms with Crippen molar-refractivity contribution < 1.29 is 9.59 Å². The van der Waals surface area contributed by atoms with Crippen molar-refractivity contribution in [3.8, 4) is 11.8 Å². The molecule has 0 aliphatic carbocycles. The van der Waals surface area contributed by atoms with Crippen molar-refractivity contribution in [3.63, 3.8) is 0 Å². The van der Waals surface area contributed by atoms with Crippen molar-refractivity contribution in [3.05, 3.63) is 58.3 Å². The van der Waals surface area contributed by atoms with Gasteiger partial charge in [0.1, 0.15) is 0 Å². The molecule has 0 aliphatic heterocycles. The fourth-order valence-electron chi connectivity index (χ4n) is 1.41. The molecule has 1 amide bonds. The van der Waals surface area contributed by atoms with E-state index in [1.807, 2.05) is 17.5 Å². The maximum Gasteiger partial charge on any atom is 0.262 e. The summed E-state index contributed by atoms with van der Waals surface area (Å²) in [6.07, 6.45) is 0. The Morgan fingerprint density at radius 1 is 1.11 bits per heavy atom. The van der Waals surface area contributed by atoms with Crippen LogP contribution in [0.5, 0.6) is 0 Å². The Bertz CT molecular complexity index is 621. The molecule has 1 heterocycles. The molecule has 0 aliphatic rings. The van der Waals surface area contributed by atoms with Gasteiger partial charge in [-0.1, -0.05) is 42.3 Å². The number of carbonyl (C=O) groups is 2. The largest absolute Gasteiger partial charge is 0.340 e. The molecular weight excluding hydrogens is 258 g/mol. The molecule has 1 aromatic carbocycles. The van der Waals surface area contributed by atoms with Gasteiger partial charge in [0, 0.05) is 5.56 Å². The first-order chi connectivity index (χ1) is 9.27.